The molecule has 6 heteroatoms. The molecule has 1 atom stereocenters. The SMILES string of the molecule is C#C.C/C=C(\SCC)C1=NC2C=CC=CC=C2C(N(C)c2ccnc(Cl)c2)=C1F.CC. The summed E-state index contributed by atoms with van der Waals surface area (Å²) in [6.45, 7) is 7.96. The minimum absolute atomic E-state index is 0.239. The molecule has 0 aromatic carbocycles. The molecule has 1 unspecified atom stereocenters. The molecule has 0 saturated carbocycles. The van der Waals surface area contributed by atoms with Crippen LogP contribution in [0.25, 0.3) is 0 Å². The van der Waals surface area contributed by atoms with Gasteiger partial charge in [0, 0.05) is 29.4 Å². The number of rotatable bonds is 5. The summed E-state index contributed by atoms with van der Waals surface area (Å²) in [4.78, 5) is 11.4. The number of halogens is 2. The maximum atomic E-state index is 15.7. The van der Waals surface area contributed by atoms with Crippen molar-refractivity contribution in [1.29, 1.82) is 0 Å². The second kappa shape index (κ2) is 13.7. The van der Waals surface area contributed by atoms with Gasteiger partial charge in [0.05, 0.1) is 11.7 Å². The van der Waals surface area contributed by atoms with E-state index < -0.39 is 0 Å². The van der Waals surface area contributed by atoms with Gasteiger partial charge in [-0.1, -0.05) is 68.8 Å². The second-order valence-electron chi connectivity index (χ2n) is 5.96. The Bertz CT molecular complexity index is 955. The number of thioether (sulfide) groups is 1. The summed E-state index contributed by atoms with van der Waals surface area (Å²) in [6.07, 6.45) is 21.2. The lowest BCUT2D eigenvalue weighted by molar-refractivity contribution is 0.653. The number of aliphatic imine (C=N–C) groups is 1. The van der Waals surface area contributed by atoms with Crippen molar-refractivity contribution in [3.8, 4) is 12.8 Å². The van der Waals surface area contributed by atoms with Gasteiger partial charge in [0.25, 0.3) is 0 Å². The topological polar surface area (TPSA) is 28.5 Å². The van der Waals surface area contributed by atoms with Gasteiger partial charge in [-0.05, 0) is 24.8 Å². The molecule has 1 aromatic rings. The predicted molar refractivity (Wildman–Crippen MR) is 136 cm³/mol. The molecule has 0 saturated heterocycles. The van der Waals surface area contributed by atoms with E-state index in [4.69, 9.17) is 16.6 Å². The van der Waals surface area contributed by atoms with Crippen LogP contribution in [0.3, 0.4) is 0 Å². The number of fused-ring (bicyclic) bond motifs is 1. The Morgan fingerprint density at radius 2 is 2.00 bits per heavy atom. The van der Waals surface area contributed by atoms with Crippen molar-refractivity contribution in [3.63, 3.8) is 0 Å². The van der Waals surface area contributed by atoms with Gasteiger partial charge in [0.15, 0.2) is 5.83 Å². The zero-order chi connectivity index (χ0) is 23.4. The molecular formula is C25H29ClFN3S. The van der Waals surface area contributed by atoms with E-state index in [-0.39, 0.29) is 11.9 Å². The standard InChI is InChI=1S/C21H21ClFN3S.C2H6.C2H2/c1-4-17(27-5-2)20-19(23)21(15-9-7-6-8-10-16(15)25-20)26(3)14-11-12-24-18(22)13-14;2*1-2/h4,6-13,16H,5H2,1-3H3;1-2H3;1-2H/b17-4-;;. The minimum atomic E-state index is -0.328. The Hall–Kier alpha value is -2.55. The minimum Gasteiger partial charge on any atom is -0.342 e. The van der Waals surface area contributed by atoms with Crippen LogP contribution in [0.1, 0.15) is 27.7 Å². The Morgan fingerprint density at radius 1 is 1.29 bits per heavy atom. The molecular weight excluding hydrogens is 429 g/mol. The van der Waals surface area contributed by atoms with Crippen LogP contribution < -0.4 is 4.90 Å². The van der Waals surface area contributed by atoms with Gasteiger partial charge in [0.2, 0.25) is 0 Å². The molecule has 31 heavy (non-hydrogen) atoms. The lowest BCUT2D eigenvalue weighted by atomic mass is 9.96. The van der Waals surface area contributed by atoms with E-state index in [0.29, 0.717) is 16.6 Å². The van der Waals surface area contributed by atoms with E-state index in [2.05, 4.69) is 17.8 Å². The van der Waals surface area contributed by atoms with Crippen LogP contribution in [-0.2, 0) is 0 Å². The fraction of sp³-hybridized carbons (Fsp3) is 0.280. The molecule has 3 nitrogen and oxygen atoms in total. The Morgan fingerprint density at radius 3 is 2.61 bits per heavy atom. The van der Waals surface area contributed by atoms with Crippen LogP contribution in [0.15, 0.2) is 81.8 Å². The molecule has 0 bridgehead atoms. The predicted octanol–water partition coefficient (Wildman–Crippen LogP) is 7.16. The van der Waals surface area contributed by atoms with Crippen molar-refractivity contribution in [2.45, 2.75) is 33.7 Å². The van der Waals surface area contributed by atoms with Crippen LogP contribution in [0.2, 0.25) is 5.15 Å². The molecule has 0 N–H and O–H groups in total. The zero-order valence-electron chi connectivity index (χ0n) is 18.6. The fourth-order valence-corrected chi connectivity index (χ4v) is 3.97. The quantitative estimate of drug-likeness (QED) is 0.347. The summed E-state index contributed by atoms with van der Waals surface area (Å²) in [7, 11) is 1.84. The summed E-state index contributed by atoms with van der Waals surface area (Å²) >= 11 is 7.64. The van der Waals surface area contributed by atoms with Crippen molar-refractivity contribution in [1.82, 2.24) is 4.98 Å². The lowest BCUT2D eigenvalue weighted by Crippen LogP contribution is -2.29. The average Bonchev–Trinajstić information content (AvgIpc) is 3.05. The summed E-state index contributed by atoms with van der Waals surface area (Å²) in [5.74, 6) is 0.521. The van der Waals surface area contributed by atoms with Crippen molar-refractivity contribution < 1.29 is 4.39 Å². The Balaban J connectivity index is 0.00000113. The van der Waals surface area contributed by atoms with Crippen LogP contribution in [0.4, 0.5) is 10.1 Å². The fourth-order valence-electron chi connectivity index (χ4n) is 3.05. The van der Waals surface area contributed by atoms with Gasteiger partial charge in [-0.25, -0.2) is 9.37 Å². The van der Waals surface area contributed by atoms with E-state index in [1.54, 1.807) is 24.0 Å². The molecule has 1 aliphatic carbocycles. The molecule has 2 aliphatic rings. The van der Waals surface area contributed by atoms with Crippen molar-refractivity contribution >= 4 is 34.8 Å². The van der Waals surface area contributed by atoms with Gasteiger partial charge in [-0.2, -0.15) is 0 Å². The van der Waals surface area contributed by atoms with Crippen molar-refractivity contribution in [2.75, 3.05) is 17.7 Å². The van der Waals surface area contributed by atoms with Gasteiger partial charge >= 0.3 is 0 Å². The summed E-state index contributed by atoms with van der Waals surface area (Å²) < 4.78 is 15.7. The third-order valence-electron chi connectivity index (χ3n) is 4.30. The highest BCUT2D eigenvalue weighted by Gasteiger charge is 2.32. The van der Waals surface area contributed by atoms with Gasteiger partial charge in [0.1, 0.15) is 10.9 Å². The number of aromatic nitrogens is 1. The highest BCUT2D eigenvalue weighted by atomic mass is 35.5. The maximum Gasteiger partial charge on any atom is 0.173 e. The van der Waals surface area contributed by atoms with Gasteiger partial charge in [-0.15, -0.1) is 24.6 Å². The Kier molecular flexibility index (Phi) is 11.7. The molecule has 0 radical (unpaired) electrons. The van der Waals surface area contributed by atoms with Gasteiger partial charge in [-0.3, -0.25) is 4.99 Å². The van der Waals surface area contributed by atoms with Crippen LogP contribution in [0, 0.1) is 12.8 Å². The smallest absolute Gasteiger partial charge is 0.173 e. The number of anilines is 1. The average molecular weight is 458 g/mol. The number of hydrogen-bond donors (Lipinski definition) is 0. The number of nitrogens with zero attached hydrogens (tertiary/aromatic N) is 3. The molecule has 0 fully saturated rings. The van der Waals surface area contributed by atoms with Crippen LogP contribution in [0.5, 0.6) is 0 Å². The highest BCUT2D eigenvalue weighted by Crippen LogP contribution is 2.37. The van der Waals surface area contributed by atoms with E-state index in [1.807, 2.05) is 82.2 Å². The van der Waals surface area contributed by atoms with E-state index in [1.165, 1.54) is 0 Å². The van der Waals surface area contributed by atoms with Crippen molar-refractivity contribution in [3.05, 3.63) is 81.9 Å². The number of pyridine rings is 1. The molecule has 164 valence electrons. The van der Waals surface area contributed by atoms with E-state index in [9.17, 15) is 0 Å². The largest absolute Gasteiger partial charge is 0.342 e. The van der Waals surface area contributed by atoms with E-state index in [0.717, 1.165) is 21.9 Å². The number of terminal acetylenes is 1. The molecule has 1 aliphatic heterocycles. The first kappa shape index (κ1) is 26.5. The third-order valence-corrected chi connectivity index (χ3v) is 5.53. The maximum absolute atomic E-state index is 15.7. The van der Waals surface area contributed by atoms with Crippen LogP contribution in [-0.4, -0.2) is 29.5 Å². The number of likely N-dealkylation sites (N-methyl/N-ethyl adjacent to an activating group) is 1. The second-order valence-corrected chi connectivity index (χ2v) is 7.65. The Labute approximate surface area is 195 Å². The van der Waals surface area contributed by atoms with E-state index >= 15 is 4.39 Å². The monoisotopic (exact) mass is 457 g/mol. The molecule has 2 heterocycles. The normalized spacial score (nSPS) is 17.2. The van der Waals surface area contributed by atoms with Gasteiger partial charge < -0.3 is 4.90 Å². The summed E-state index contributed by atoms with van der Waals surface area (Å²) in [6, 6.07) is 3.30. The van der Waals surface area contributed by atoms with Crippen LogP contribution >= 0.6 is 23.4 Å². The first-order chi connectivity index (χ1) is 15.1. The molecule has 0 amide bonds. The molecule has 0 spiro atoms. The lowest BCUT2D eigenvalue weighted by Gasteiger charge is -2.31. The molecule has 3 rings (SSSR count). The molecule has 1 aromatic heterocycles. The number of hydrogen-bond acceptors (Lipinski definition) is 4. The van der Waals surface area contributed by atoms with Crippen molar-refractivity contribution in [2.24, 2.45) is 4.99 Å². The first-order valence-corrected chi connectivity index (χ1v) is 11.4. The summed E-state index contributed by atoms with van der Waals surface area (Å²) in [5, 5.41) is 0.368. The number of allylic oxidation sites excluding steroid dienone is 7. The summed E-state index contributed by atoms with van der Waals surface area (Å²) in [5.41, 5.74) is 2.48. The first-order valence-electron chi connectivity index (χ1n) is 10.1. The number of dihydropyridines is 1. The highest BCUT2D eigenvalue weighted by molar-refractivity contribution is 8.04. The third kappa shape index (κ3) is 6.46. The zero-order valence-corrected chi connectivity index (χ0v) is 20.2.